The van der Waals surface area contributed by atoms with Crippen molar-refractivity contribution in [3.05, 3.63) is 0 Å². The average molecular weight is 308 g/mol. The first kappa shape index (κ1) is 17.4. The Balaban J connectivity index is 0. The maximum atomic E-state index is 2.32. The summed E-state index contributed by atoms with van der Waals surface area (Å²) in [6.45, 7) is 6.97. The zero-order valence-corrected chi connectivity index (χ0v) is 13.5. The summed E-state index contributed by atoms with van der Waals surface area (Å²) in [5.41, 5.74) is 0. The van der Waals surface area contributed by atoms with Crippen molar-refractivity contribution >= 4 is 9.90 Å². The van der Waals surface area contributed by atoms with Gasteiger partial charge in [-0.25, -0.2) is 0 Å². The molecule has 0 N–H and O–H groups in total. The van der Waals surface area contributed by atoms with E-state index in [0.29, 0.717) is 0 Å². The van der Waals surface area contributed by atoms with Crippen LogP contribution in [-0.4, -0.2) is 0 Å². The van der Waals surface area contributed by atoms with Gasteiger partial charge in [-0.05, 0) is 0 Å². The van der Waals surface area contributed by atoms with E-state index in [1.807, 2.05) is 0 Å². The standard InChI is InChI=1S/3C4H9.H3P.Rh/c3*1-3-4-2;;/h3*1,3-4H2,2H3;1H3;. The minimum absolute atomic E-state index is 0. The minimum atomic E-state index is -0.202. The first-order valence-electron chi connectivity index (χ1n) is 5.83. The maximum absolute atomic E-state index is 2.32. The van der Waals surface area contributed by atoms with Gasteiger partial charge in [0, 0.05) is 0 Å². The van der Waals surface area contributed by atoms with E-state index in [-0.39, 0.29) is 25.8 Å². The molecule has 1 unspecified atom stereocenters. The second-order valence-corrected chi connectivity index (χ2v) is 8.48. The van der Waals surface area contributed by atoms with Gasteiger partial charge in [0.25, 0.3) is 0 Å². The Morgan fingerprint density at radius 2 is 0.929 bits per heavy atom. The van der Waals surface area contributed by atoms with Crippen LogP contribution in [0.25, 0.3) is 0 Å². The molecule has 0 rings (SSSR count). The third kappa shape index (κ3) is 11.1. The van der Waals surface area contributed by atoms with Crippen molar-refractivity contribution in [2.45, 2.75) is 74.3 Å². The number of hydrogen-bond donors (Lipinski definition) is 0. The topological polar surface area (TPSA) is 0 Å². The van der Waals surface area contributed by atoms with Crippen LogP contribution in [0.1, 0.15) is 59.3 Å². The molecule has 0 aromatic heterocycles. The average Bonchev–Trinajstić information content (AvgIpc) is 2.17. The molecule has 0 aromatic rings. The summed E-state index contributed by atoms with van der Waals surface area (Å²) in [5.74, 6) is 0. The smallest absolute Gasteiger partial charge is 0.153 e. The monoisotopic (exact) mass is 308 g/mol. The Kier molecular flexibility index (Phi) is 17.5. The molecular weight excluding hydrogens is 278 g/mol. The van der Waals surface area contributed by atoms with E-state index in [1.54, 1.807) is 15.0 Å². The van der Waals surface area contributed by atoms with E-state index in [0.717, 1.165) is 0 Å². The van der Waals surface area contributed by atoms with E-state index >= 15 is 0 Å². The van der Waals surface area contributed by atoms with Crippen LogP contribution in [0.5, 0.6) is 0 Å². The van der Waals surface area contributed by atoms with Gasteiger partial charge in [0.05, 0.1) is 0 Å². The minimum Gasteiger partial charge on any atom is -0.153 e. The molecule has 0 saturated heterocycles. The molecule has 0 radical (unpaired) electrons. The van der Waals surface area contributed by atoms with Crippen LogP contribution >= 0.6 is 9.90 Å². The number of hydrogen-bond acceptors (Lipinski definition) is 0. The quantitative estimate of drug-likeness (QED) is 0.399. The maximum Gasteiger partial charge on any atom is -0.153 e. The molecule has 0 aliphatic carbocycles. The fraction of sp³-hybridized carbons (Fsp3) is 1.00. The van der Waals surface area contributed by atoms with Gasteiger partial charge in [0.1, 0.15) is 0 Å². The molecule has 0 nitrogen and oxygen atoms in total. The van der Waals surface area contributed by atoms with Gasteiger partial charge < -0.3 is 0 Å². The summed E-state index contributed by atoms with van der Waals surface area (Å²) in [7, 11) is 0. The van der Waals surface area contributed by atoms with Gasteiger partial charge in [-0.1, -0.05) is 0 Å². The van der Waals surface area contributed by atoms with Gasteiger partial charge >= 0.3 is 90.3 Å². The van der Waals surface area contributed by atoms with Gasteiger partial charge in [-0.2, -0.15) is 9.90 Å². The van der Waals surface area contributed by atoms with Crippen LogP contribution in [0.4, 0.5) is 0 Å². The van der Waals surface area contributed by atoms with Crippen molar-refractivity contribution in [3.63, 3.8) is 0 Å². The van der Waals surface area contributed by atoms with Crippen LogP contribution in [0.2, 0.25) is 15.0 Å². The molecule has 0 aliphatic rings. The Bertz CT molecular complexity index is 77.3. The van der Waals surface area contributed by atoms with Crippen molar-refractivity contribution in [2.75, 3.05) is 0 Å². The van der Waals surface area contributed by atoms with Crippen molar-refractivity contribution in [1.82, 2.24) is 0 Å². The molecular formula is C12H30PRh. The molecule has 0 bridgehead atoms. The van der Waals surface area contributed by atoms with Crippen LogP contribution in [0, 0.1) is 0 Å². The van der Waals surface area contributed by atoms with Crippen LogP contribution in [0.15, 0.2) is 0 Å². The summed E-state index contributed by atoms with van der Waals surface area (Å²) in [4.78, 5) is 0. The van der Waals surface area contributed by atoms with Crippen molar-refractivity contribution in [2.24, 2.45) is 0 Å². The Labute approximate surface area is 100 Å². The normalized spacial score (nSPS) is 10.9. The fourth-order valence-corrected chi connectivity index (χ4v) is 6.53. The summed E-state index contributed by atoms with van der Waals surface area (Å²) in [6, 6.07) is 0. The number of unbranched alkanes of at least 4 members (excludes halogenated alkanes) is 3. The molecule has 0 spiro atoms. The molecule has 0 amide bonds. The molecule has 92 valence electrons. The molecule has 1 atom stereocenters. The van der Waals surface area contributed by atoms with E-state index in [4.69, 9.17) is 0 Å². The van der Waals surface area contributed by atoms with Gasteiger partial charge in [0.2, 0.25) is 0 Å². The van der Waals surface area contributed by atoms with E-state index in [2.05, 4.69) is 20.8 Å². The summed E-state index contributed by atoms with van der Waals surface area (Å²) >= 11 is -0.202. The first-order chi connectivity index (χ1) is 6.35. The van der Waals surface area contributed by atoms with Gasteiger partial charge in [0.15, 0.2) is 0 Å². The molecule has 0 fully saturated rings. The molecule has 0 saturated carbocycles. The van der Waals surface area contributed by atoms with E-state index in [1.165, 1.54) is 38.5 Å². The summed E-state index contributed by atoms with van der Waals surface area (Å²) in [6.07, 6.45) is 8.71. The second kappa shape index (κ2) is 14.1. The van der Waals surface area contributed by atoms with Crippen molar-refractivity contribution in [3.8, 4) is 0 Å². The third-order valence-electron chi connectivity index (χ3n) is 2.12. The van der Waals surface area contributed by atoms with E-state index in [9.17, 15) is 0 Å². The number of rotatable bonds is 9. The van der Waals surface area contributed by atoms with Gasteiger partial charge in [-0.3, -0.25) is 0 Å². The molecule has 0 heterocycles. The van der Waals surface area contributed by atoms with Crippen LogP contribution in [0.3, 0.4) is 0 Å². The summed E-state index contributed by atoms with van der Waals surface area (Å²) in [5, 5.41) is 4.84. The first-order valence-corrected chi connectivity index (χ1v) is 9.30. The zero-order chi connectivity index (χ0) is 9.94. The van der Waals surface area contributed by atoms with Crippen LogP contribution in [-0.2, 0) is 16.0 Å². The third-order valence-corrected chi connectivity index (χ3v) is 7.34. The molecule has 2 heteroatoms. The zero-order valence-electron chi connectivity index (χ0n) is 10.4. The SMILES string of the molecule is CCC[CH2][Rh]([CH2]CCC)[CH2]CCC.P. The largest absolute Gasteiger partial charge is 0.153 e. The van der Waals surface area contributed by atoms with Crippen molar-refractivity contribution < 1.29 is 16.0 Å². The fourth-order valence-electron chi connectivity index (χ4n) is 1.10. The van der Waals surface area contributed by atoms with Crippen LogP contribution < -0.4 is 0 Å². The Morgan fingerprint density at radius 1 is 0.643 bits per heavy atom. The molecule has 0 aliphatic heterocycles. The Morgan fingerprint density at radius 3 is 1.14 bits per heavy atom. The predicted molar refractivity (Wildman–Crippen MR) is 70.3 cm³/mol. The second-order valence-electron chi connectivity index (χ2n) is 3.56. The molecule has 14 heavy (non-hydrogen) atoms. The van der Waals surface area contributed by atoms with E-state index < -0.39 is 0 Å². The van der Waals surface area contributed by atoms with Crippen molar-refractivity contribution in [1.29, 1.82) is 0 Å². The predicted octanol–water partition coefficient (Wildman–Crippen LogP) is 5.32. The summed E-state index contributed by atoms with van der Waals surface area (Å²) < 4.78 is 0. The Hall–Kier alpha value is 1.05. The van der Waals surface area contributed by atoms with Gasteiger partial charge in [-0.15, -0.1) is 0 Å². The molecule has 0 aromatic carbocycles.